The number of carboxylic acid groups (broad SMARTS) is 1. The molecule has 0 saturated heterocycles. The molecular weight excluding hydrogens is 350 g/mol. The molecule has 0 aromatic heterocycles. The average Bonchev–Trinajstić information content (AvgIpc) is 2.52. The van der Waals surface area contributed by atoms with Gasteiger partial charge in [-0.25, -0.2) is 4.79 Å². The maximum absolute atomic E-state index is 10.5. The molecule has 5 nitrogen and oxygen atoms in total. The summed E-state index contributed by atoms with van der Waals surface area (Å²) >= 11 is 3.35. The van der Waals surface area contributed by atoms with E-state index in [9.17, 15) is 4.79 Å². The molecular formula is C16H14BrNO4. The molecule has 0 radical (unpaired) electrons. The Hall–Kier alpha value is -2.34. The fourth-order valence-electron chi connectivity index (χ4n) is 1.67. The van der Waals surface area contributed by atoms with E-state index in [1.54, 1.807) is 25.5 Å². The van der Waals surface area contributed by atoms with E-state index in [4.69, 9.17) is 14.6 Å². The summed E-state index contributed by atoms with van der Waals surface area (Å²) in [6, 6.07) is 12.7. The Balaban J connectivity index is 2.07. The molecule has 0 amide bonds. The van der Waals surface area contributed by atoms with Gasteiger partial charge in [0, 0.05) is 6.21 Å². The van der Waals surface area contributed by atoms with Gasteiger partial charge in [-0.1, -0.05) is 0 Å². The summed E-state index contributed by atoms with van der Waals surface area (Å²) in [5.74, 6) is 0.239. The van der Waals surface area contributed by atoms with Crippen molar-refractivity contribution in [3.8, 4) is 11.5 Å². The summed E-state index contributed by atoms with van der Waals surface area (Å²) in [6.45, 7) is -0.377. The van der Waals surface area contributed by atoms with Crippen LogP contribution in [0.15, 0.2) is 51.9 Å². The Morgan fingerprint density at radius 3 is 2.59 bits per heavy atom. The fourth-order valence-corrected chi connectivity index (χ4v) is 2.18. The van der Waals surface area contributed by atoms with E-state index in [0.717, 1.165) is 17.0 Å². The summed E-state index contributed by atoms with van der Waals surface area (Å²) in [5.41, 5.74) is 1.67. The number of carboxylic acids is 1. The molecule has 0 unspecified atom stereocenters. The second kappa shape index (κ2) is 7.61. The van der Waals surface area contributed by atoms with Crippen LogP contribution in [0.25, 0.3) is 0 Å². The van der Waals surface area contributed by atoms with Crippen LogP contribution < -0.4 is 9.47 Å². The second-order valence-electron chi connectivity index (χ2n) is 4.33. The Kier molecular flexibility index (Phi) is 5.55. The molecule has 0 saturated carbocycles. The minimum Gasteiger partial charge on any atom is -0.497 e. The summed E-state index contributed by atoms with van der Waals surface area (Å²) in [5, 5.41) is 8.60. The normalized spacial score (nSPS) is 10.6. The number of aliphatic imine (C=N–C) groups is 1. The number of benzene rings is 2. The average molecular weight is 364 g/mol. The molecule has 2 rings (SSSR count). The van der Waals surface area contributed by atoms with Gasteiger partial charge in [-0.2, -0.15) is 0 Å². The molecule has 0 fully saturated rings. The molecule has 6 heteroatoms. The van der Waals surface area contributed by atoms with Gasteiger partial charge in [0.2, 0.25) is 0 Å². The second-order valence-corrected chi connectivity index (χ2v) is 5.18. The van der Waals surface area contributed by atoms with E-state index >= 15 is 0 Å². The van der Waals surface area contributed by atoms with Crippen molar-refractivity contribution in [2.24, 2.45) is 4.99 Å². The standard InChI is InChI=1S/C16H14BrNO4/c1-21-13-5-3-12(4-6-13)18-9-11-2-7-15(14(17)8-11)22-10-16(19)20/h2-9H,10H2,1H3,(H,19,20). The molecule has 0 aliphatic carbocycles. The molecule has 0 heterocycles. The third kappa shape index (κ3) is 4.60. The van der Waals surface area contributed by atoms with Crippen molar-refractivity contribution in [1.82, 2.24) is 0 Å². The number of halogens is 1. The monoisotopic (exact) mass is 363 g/mol. The van der Waals surface area contributed by atoms with Crippen LogP contribution in [0.2, 0.25) is 0 Å². The van der Waals surface area contributed by atoms with Gasteiger partial charge in [-0.15, -0.1) is 0 Å². The quantitative estimate of drug-likeness (QED) is 0.795. The highest BCUT2D eigenvalue weighted by molar-refractivity contribution is 9.10. The molecule has 2 aromatic carbocycles. The maximum atomic E-state index is 10.5. The van der Waals surface area contributed by atoms with Crippen molar-refractivity contribution < 1.29 is 19.4 Å². The predicted molar refractivity (Wildman–Crippen MR) is 87.5 cm³/mol. The number of rotatable bonds is 6. The van der Waals surface area contributed by atoms with Gasteiger partial charge in [-0.3, -0.25) is 4.99 Å². The third-order valence-corrected chi connectivity index (χ3v) is 3.36. The first-order chi connectivity index (χ1) is 10.6. The lowest BCUT2D eigenvalue weighted by atomic mass is 10.2. The lowest BCUT2D eigenvalue weighted by Crippen LogP contribution is -2.09. The number of hydrogen-bond acceptors (Lipinski definition) is 4. The third-order valence-electron chi connectivity index (χ3n) is 2.74. The zero-order chi connectivity index (χ0) is 15.9. The summed E-state index contributed by atoms with van der Waals surface area (Å²) in [6.07, 6.45) is 1.72. The number of nitrogens with zero attached hydrogens (tertiary/aromatic N) is 1. The topological polar surface area (TPSA) is 68.1 Å². The van der Waals surface area contributed by atoms with Gasteiger partial charge in [0.15, 0.2) is 6.61 Å². The zero-order valence-electron chi connectivity index (χ0n) is 11.8. The van der Waals surface area contributed by atoms with Crippen molar-refractivity contribution in [3.05, 3.63) is 52.5 Å². The lowest BCUT2D eigenvalue weighted by Gasteiger charge is -2.06. The van der Waals surface area contributed by atoms with Crippen molar-refractivity contribution in [2.45, 2.75) is 0 Å². The summed E-state index contributed by atoms with van der Waals surface area (Å²) in [4.78, 5) is 14.8. The Bertz CT molecular complexity index is 683. The number of ether oxygens (including phenoxy) is 2. The smallest absolute Gasteiger partial charge is 0.341 e. The lowest BCUT2D eigenvalue weighted by molar-refractivity contribution is -0.139. The van der Waals surface area contributed by atoms with Crippen LogP contribution >= 0.6 is 15.9 Å². The van der Waals surface area contributed by atoms with Crippen molar-refractivity contribution >= 4 is 33.8 Å². The van der Waals surface area contributed by atoms with Crippen LogP contribution in [-0.2, 0) is 4.79 Å². The van der Waals surface area contributed by atoms with Gasteiger partial charge >= 0.3 is 5.97 Å². The van der Waals surface area contributed by atoms with Crippen LogP contribution in [0.1, 0.15) is 5.56 Å². The molecule has 1 N–H and O–H groups in total. The fraction of sp³-hybridized carbons (Fsp3) is 0.125. The van der Waals surface area contributed by atoms with Crippen molar-refractivity contribution in [2.75, 3.05) is 13.7 Å². The highest BCUT2D eigenvalue weighted by atomic mass is 79.9. The zero-order valence-corrected chi connectivity index (χ0v) is 13.4. The minimum atomic E-state index is -1.02. The molecule has 22 heavy (non-hydrogen) atoms. The van der Waals surface area contributed by atoms with Gasteiger partial charge in [0.1, 0.15) is 11.5 Å². The van der Waals surface area contributed by atoms with E-state index in [0.29, 0.717) is 10.2 Å². The van der Waals surface area contributed by atoms with Gasteiger partial charge in [0.25, 0.3) is 0 Å². The number of carbonyl (C=O) groups is 1. The van der Waals surface area contributed by atoms with E-state index in [1.165, 1.54) is 0 Å². The Morgan fingerprint density at radius 2 is 2.00 bits per heavy atom. The van der Waals surface area contributed by atoms with Crippen molar-refractivity contribution in [1.29, 1.82) is 0 Å². The Labute approximate surface area is 136 Å². The van der Waals surface area contributed by atoms with E-state index in [-0.39, 0.29) is 6.61 Å². The molecule has 0 spiro atoms. The minimum absolute atomic E-state index is 0.377. The van der Waals surface area contributed by atoms with Gasteiger partial charge in [-0.05, 0) is 64.0 Å². The van der Waals surface area contributed by atoms with Crippen LogP contribution in [0.4, 0.5) is 5.69 Å². The van der Waals surface area contributed by atoms with Gasteiger partial charge in [0.05, 0.1) is 17.3 Å². The van der Waals surface area contributed by atoms with Gasteiger partial charge < -0.3 is 14.6 Å². The van der Waals surface area contributed by atoms with E-state index in [2.05, 4.69) is 20.9 Å². The Morgan fingerprint density at radius 1 is 1.27 bits per heavy atom. The highest BCUT2D eigenvalue weighted by Gasteiger charge is 2.04. The molecule has 0 aliphatic heterocycles. The summed E-state index contributed by atoms with van der Waals surface area (Å²) in [7, 11) is 1.61. The maximum Gasteiger partial charge on any atom is 0.341 e. The first-order valence-corrected chi connectivity index (χ1v) is 7.20. The molecule has 2 aromatic rings. The predicted octanol–water partition coefficient (Wildman–Crippen LogP) is 3.67. The number of hydrogen-bond donors (Lipinski definition) is 1. The highest BCUT2D eigenvalue weighted by Crippen LogP contribution is 2.26. The molecule has 0 bridgehead atoms. The van der Waals surface area contributed by atoms with E-state index in [1.807, 2.05) is 30.3 Å². The number of methoxy groups -OCH3 is 1. The first kappa shape index (κ1) is 16.0. The molecule has 0 atom stereocenters. The molecule has 114 valence electrons. The van der Waals surface area contributed by atoms with Crippen LogP contribution in [0.3, 0.4) is 0 Å². The summed E-state index contributed by atoms with van der Waals surface area (Å²) < 4.78 is 10.9. The largest absolute Gasteiger partial charge is 0.497 e. The number of aliphatic carboxylic acids is 1. The van der Waals surface area contributed by atoms with Crippen LogP contribution in [0.5, 0.6) is 11.5 Å². The van der Waals surface area contributed by atoms with E-state index < -0.39 is 5.97 Å². The van der Waals surface area contributed by atoms with Crippen molar-refractivity contribution in [3.63, 3.8) is 0 Å². The van der Waals surface area contributed by atoms with Crippen LogP contribution in [0, 0.1) is 0 Å². The van der Waals surface area contributed by atoms with Crippen LogP contribution in [-0.4, -0.2) is 31.0 Å². The molecule has 0 aliphatic rings. The SMILES string of the molecule is COc1ccc(N=Cc2ccc(OCC(=O)O)c(Br)c2)cc1. The first-order valence-electron chi connectivity index (χ1n) is 6.41.